The van der Waals surface area contributed by atoms with E-state index in [0.717, 1.165) is 22.5 Å². The van der Waals surface area contributed by atoms with Crippen molar-refractivity contribution in [3.63, 3.8) is 0 Å². The monoisotopic (exact) mass is 282 g/mol. The highest BCUT2D eigenvalue weighted by molar-refractivity contribution is 6.00. The zero-order chi connectivity index (χ0) is 14.7. The van der Waals surface area contributed by atoms with Gasteiger partial charge >= 0.3 is 0 Å². The van der Waals surface area contributed by atoms with Gasteiger partial charge in [0.05, 0.1) is 11.2 Å². The summed E-state index contributed by atoms with van der Waals surface area (Å²) in [6.07, 6.45) is 7.31. The normalized spacial score (nSPS) is 22.1. The van der Waals surface area contributed by atoms with Crippen LogP contribution in [0.5, 0.6) is 0 Å². The number of carbonyl (C=O) groups excluding carboxylic acids is 1. The van der Waals surface area contributed by atoms with Crippen molar-refractivity contribution < 1.29 is 4.79 Å². The molecule has 3 heteroatoms. The van der Waals surface area contributed by atoms with Crippen LogP contribution in [0.2, 0.25) is 0 Å². The fourth-order valence-corrected chi connectivity index (χ4v) is 3.21. The molecular formula is C18H22N2O. The van der Waals surface area contributed by atoms with Crippen LogP contribution in [-0.2, 0) is 4.79 Å². The Morgan fingerprint density at radius 2 is 2.00 bits per heavy atom. The zero-order valence-corrected chi connectivity index (χ0v) is 12.5. The van der Waals surface area contributed by atoms with E-state index in [1.165, 1.54) is 25.7 Å². The van der Waals surface area contributed by atoms with Crippen molar-refractivity contribution in [3.8, 4) is 0 Å². The maximum atomic E-state index is 12.3. The Morgan fingerprint density at radius 1 is 1.19 bits per heavy atom. The lowest BCUT2D eigenvalue weighted by Crippen LogP contribution is -2.20. The molecule has 2 aromatic rings. The van der Waals surface area contributed by atoms with Crippen molar-refractivity contribution in [1.82, 2.24) is 4.98 Å². The van der Waals surface area contributed by atoms with Gasteiger partial charge in [0.25, 0.3) is 0 Å². The summed E-state index contributed by atoms with van der Waals surface area (Å²) in [6, 6.07) is 9.76. The number of nitrogens with zero attached hydrogens (tertiary/aromatic N) is 1. The lowest BCUT2D eigenvalue weighted by Gasteiger charge is -2.25. The van der Waals surface area contributed by atoms with Gasteiger partial charge < -0.3 is 5.32 Å². The predicted octanol–water partition coefficient (Wildman–Crippen LogP) is 4.39. The molecule has 0 bridgehead atoms. The number of aromatic nitrogens is 1. The van der Waals surface area contributed by atoms with Gasteiger partial charge in [-0.15, -0.1) is 0 Å². The number of rotatable bonds is 3. The third-order valence-corrected chi connectivity index (χ3v) is 4.53. The molecule has 0 radical (unpaired) electrons. The number of hydrogen-bond acceptors (Lipinski definition) is 2. The molecule has 1 saturated carbocycles. The molecule has 1 aromatic heterocycles. The second-order valence-corrected chi connectivity index (χ2v) is 6.25. The van der Waals surface area contributed by atoms with Crippen LogP contribution in [0.15, 0.2) is 36.5 Å². The molecule has 3 nitrogen and oxygen atoms in total. The lowest BCUT2D eigenvalue weighted by atomic mass is 9.81. The summed E-state index contributed by atoms with van der Waals surface area (Å²) in [5.74, 6) is 1.51. The van der Waals surface area contributed by atoms with Crippen molar-refractivity contribution in [2.45, 2.75) is 39.0 Å². The fraction of sp³-hybridized carbons (Fsp3) is 0.444. The smallest absolute Gasteiger partial charge is 0.224 e. The van der Waals surface area contributed by atoms with E-state index in [4.69, 9.17) is 0 Å². The molecule has 0 unspecified atom stereocenters. The maximum absolute atomic E-state index is 12.3. The van der Waals surface area contributed by atoms with Crippen LogP contribution >= 0.6 is 0 Å². The molecule has 1 aliphatic rings. The molecule has 1 heterocycles. The van der Waals surface area contributed by atoms with E-state index in [1.807, 2.05) is 30.3 Å². The Hall–Kier alpha value is -1.90. The minimum Gasteiger partial charge on any atom is -0.325 e. The largest absolute Gasteiger partial charge is 0.325 e. The summed E-state index contributed by atoms with van der Waals surface area (Å²) in [6.45, 7) is 2.30. The highest BCUT2D eigenvalue weighted by Gasteiger charge is 2.20. The minimum absolute atomic E-state index is 0.130. The van der Waals surface area contributed by atoms with Crippen LogP contribution in [0.3, 0.4) is 0 Å². The first kappa shape index (κ1) is 14.1. The van der Waals surface area contributed by atoms with E-state index < -0.39 is 0 Å². The molecule has 1 aromatic carbocycles. The van der Waals surface area contributed by atoms with Crippen molar-refractivity contribution >= 4 is 22.5 Å². The quantitative estimate of drug-likeness (QED) is 0.907. The number of pyridine rings is 1. The van der Waals surface area contributed by atoms with E-state index in [0.29, 0.717) is 12.3 Å². The van der Waals surface area contributed by atoms with Crippen molar-refractivity contribution in [2.75, 3.05) is 5.32 Å². The fourth-order valence-electron chi connectivity index (χ4n) is 3.21. The van der Waals surface area contributed by atoms with Gasteiger partial charge in [-0.25, -0.2) is 0 Å². The molecule has 1 N–H and O–H groups in total. The molecule has 0 saturated heterocycles. The number of amides is 1. The van der Waals surface area contributed by atoms with Gasteiger partial charge in [0.2, 0.25) is 5.91 Å². The molecule has 21 heavy (non-hydrogen) atoms. The molecule has 0 spiro atoms. The van der Waals surface area contributed by atoms with Crippen LogP contribution in [0.25, 0.3) is 10.9 Å². The van der Waals surface area contributed by atoms with Gasteiger partial charge in [-0.05, 0) is 48.9 Å². The molecule has 1 amide bonds. The SMILES string of the molecule is CC1CCC(CC(=O)Nc2cccc3ncccc23)CC1. The topological polar surface area (TPSA) is 42.0 Å². The van der Waals surface area contributed by atoms with Gasteiger partial charge in [0, 0.05) is 18.0 Å². The first-order chi connectivity index (χ1) is 10.2. The number of nitrogens with one attached hydrogen (secondary N) is 1. The molecule has 110 valence electrons. The van der Waals surface area contributed by atoms with E-state index in [-0.39, 0.29) is 5.91 Å². The second-order valence-electron chi connectivity index (χ2n) is 6.25. The van der Waals surface area contributed by atoms with Gasteiger partial charge in [0.15, 0.2) is 0 Å². The van der Waals surface area contributed by atoms with Gasteiger partial charge in [-0.2, -0.15) is 0 Å². The van der Waals surface area contributed by atoms with E-state index in [1.54, 1.807) is 6.20 Å². The van der Waals surface area contributed by atoms with Crippen LogP contribution < -0.4 is 5.32 Å². The molecule has 1 fully saturated rings. The first-order valence-corrected chi connectivity index (χ1v) is 7.86. The summed E-state index contributed by atoms with van der Waals surface area (Å²) >= 11 is 0. The molecule has 3 rings (SSSR count). The van der Waals surface area contributed by atoms with Crippen LogP contribution in [0.4, 0.5) is 5.69 Å². The second kappa shape index (κ2) is 6.25. The highest BCUT2D eigenvalue weighted by Crippen LogP contribution is 2.31. The van der Waals surface area contributed by atoms with Gasteiger partial charge in [-0.1, -0.05) is 25.8 Å². The maximum Gasteiger partial charge on any atom is 0.224 e. The standard InChI is InChI=1S/C18H22N2O/c1-13-7-9-14(10-8-13)12-18(21)20-17-6-2-5-16-15(17)4-3-11-19-16/h2-6,11,13-14H,7-10,12H2,1H3,(H,20,21). The number of hydrogen-bond donors (Lipinski definition) is 1. The summed E-state index contributed by atoms with van der Waals surface area (Å²) < 4.78 is 0. The van der Waals surface area contributed by atoms with Crippen molar-refractivity contribution in [2.24, 2.45) is 11.8 Å². The minimum atomic E-state index is 0.130. The summed E-state index contributed by atoms with van der Waals surface area (Å²) in [7, 11) is 0. The van der Waals surface area contributed by atoms with Crippen molar-refractivity contribution in [1.29, 1.82) is 0 Å². The predicted molar refractivity (Wildman–Crippen MR) is 86.1 cm³/mol. The lowest BCUT2D eigenvalue weighted by molar-refractivity contribution is -0.117. The molecule has 1 aliphatic carbocycles. The third kappa shape index (κ3) is 3.41. The molecular weight excluding hydrogens is 260 g/mol. The highest BCUT2D eigenvalue weighted by atomic mass is 16.1. The Balaban J connectivity index is 1.66. The third-order valence-electron chi connectivity index (χ3n) is 4.53. The van der Waals surface area contributed by atoms with Gasteiger partial charge in [-0.3, -0.25) is 9.78 Å². The summed E-state index contributed by atoms with van der Waals surface area (Å²) in [4.78, 5) is 16.6. The molecule has 0 aliphatic heterocycles. The van der Waals surface area contributed by atoms with E-state index in [9.17, 15) is 4.79 Å². The average Bonchev–Trinajstić information content (AvgIpc) is 2.50. The summed E-state index contributed by atoms with van der Waals surface area (Å²) in [5.41, 5.74) is 1.79. The number of fused-ring (bicyclic) bond motifs is 1. The Kier molecular flexibility index (Phi) is 4.18. The number of carbonyl (C=O) groups is 1. The van der Waals surface area contributed by atoms with Crippen LogP contribution in [0, 0.1) is 11.8 Å². The zero-order valence-electron chi connectivity index (χ0n) is 12.5. The average molecular weight is 282 g/mol. The number of anilines is 1. The van der Waals surface area contributed by atoms with Crippen LogP contribution in [0.1, 0.15) is 39.0 Å². The Labute approximate surface area is 125 Å². The first-order valence-electron chi connectivity index (χ1n) is 7.86. The van der Waals surface area contributed by atoms with E-state index in [2.05, 4.69) is 17.2 Å². The number of benzene rings is 1. The Bertz CT molecular complexity index is 625. The Morgan fingerprint density at radius 3 is 2.81 bits per heavy atom. The van der Waals surface area contributed by atoms with E-state index >= 15 is 0 Å². The van der Waals surface area contributed by atoms with Gasteiger partial charge in [0.1, 0.15) is 0 Å². The molecule has 0 atom stereocenters. The summed E-state index contributed by atoms with van der Waals surface area (Å²) in [5, 5.41) is 4.07. The van der Waals surface area contributed by atoms with Crippen LogP contribution in [-0.4, -0.2) is 10.9 Å². The van der Waals surface area contributed by atoms with Crippen molar-refractivity contribution in [3.05, 3.63) is 36.5 Å².